The Morgan fingerprint density at radius 2 is 1.95 bits per heavy atom. The molecule has 0 amide bonds. The van der Waals surface area contributed by atoms with Gasteiger partial charge in [0.15, 0.2) is 11.5 Å². The molecule has 0 saturated heterocycles. The number of rotatable bonds is 3. The van der Waals surface area contributed by atoms with Gasteiger partial charge in [0, 0.05) is 16.5 Å². The van der Waals surface area contributed by atoms with Crippen molar-refractivity contribution in [3.8, 4) is 22.8 Å². The lowest BCUT2D eigenvalue weighted by Gasteiger charge is -2.20. The van der Waals surface area contributed by atoms with E-state index in [2.05, 4.69) is 5.16 Å². The van der Waals surface area contributed by atoms with Crippen LogP contribution in [0.15, 0.2) is 27.6 Å². The van der Waals surface area contributed by atoms with Crippen LogP contribution in [0, 0.1) is 0 Å². The second-order valence-corrected chi connectivity index (χ2v) is 4.93. The summed E-state index contributed by atoms with van der Waals surface area (Å²) in [5, 5.41) is 12.7. The zero-order valence-electron chi connectivity index (χ0n) is 10.6. The van der Waals surface area contributed by atoms with Crippen molar-refractivity contribution in [3.05, 3.63) is 24.0 Å². The van der Waals surface area contributed by atoms with Crippen molar-refractivity contribution in [2.24, 2.45) is 0 Å². The van der Waals surface area contributed by atoms with Crippen LogP contribution in [0.3, 0.4) is 0 Å². The smallest absolute Gasteiger partial charge is 0.374 e. The average Bonchev–Trinajstić information content (AvgIpc) is 2.95. The molecule has 0 atom stereocenters. The van der Waals surface area contributed by atoms with Gasteiger partial charge in [-0.2, -0.15) is 0 Å². The first kappa shape index (κ1) is 12.9. The molecule has 1 aromatic carbocycles. The van der Waals surface area contributed by atoms with Crippen molar-refractivity contribution in [1.82, 2.24) is 5.16 Å². The maximum absolute atomic E-state index is 10.8. The number of hydrogen-bond donors (Lipinski definition) is 1. The van der Waals surface area contributed by atoms with Crippen molar-refractivity contribution in [2.45, 2.75) is 4.90 Å². The Balaban J connectivity index is 2.08. The number of ether oxygens (including phenoxy) is 2. The highest BCUT2D eigenvalue weighted by atomic mass is 32.2. The second kappa shape index (κ2) is 5.09. The van der Waals surface area contributed by atoms with Crippen molar-refractivity contribution in [2.75, 3.05) is 19.5 Å². The van der Waals surface area contributed by atoms with E-state index >= 15 is 0 Å². The first-order valence-corrected chi connectivity index (χ1v) is 7.09. The van der Waals surface area contributed by atoms with Crippen LogP contribution in [0.4, 0.5) is 0 Å². The van der Waals surface area contributed by atoms with Gasteiger partial charge in [-0.25, -0.2) is 4.79 Å². The van der Waals surface area contributed by atoms with Gasteiger partial charge in [0.1, 0.15) is 18.9 Å². The predicted octanol–water partition coefficient (Wildman–Crippen LogP) is 2.53. The number of hydrogen-bond acceptors (Lipinski definition) is 6. The van der Waals surface area contributed by atoms with Crippen LogP contribution in [-0.4, -0.2) is 35.7 Å². The largest absolute Gasteiger partial charge is 0.486 e. The summed E-state index contributed by atoms with van der Waals surface area (Å²) < 4.78 is 15.8. The van der Waals surface area contributed by atoms with E-state index in [1.807, 2.05) is 12.3 Å². The number of fused-ring (bicyclic) bond motifs is 1. The molecule has 6 nitrogen and oxygen atoms in total. The summed E-state index contributed by atoms with van der Waals surface area (Å²) in [6, 6.07) is 5.06. The second-order valence-electron chi connectivity index (χ2n) is 4.08. The lowest BCUT2D eigenvalue weighted by atomic mass is 10.1. The molecule has 0 radical (unpaired) electrons. The third-order valence-corrected chi connectivity index (χ3v) is 3.64. The van der Waals surface area contributed by atoms with Crippen LogP contribution in [0.25, 0.3) is 11.3 Å². The fourth-order valence-electron chi connectivity index (χ4n) is 1.94. The third-order valence-electron chi connectivity index (χ3n) is 2.86. The fourth-order valence-corrected chi connectivity index (χ4v) is 2.55. The zero-order valence-corrected chi connectivity index (χ0v) is 11.4. The third kappa shape index (κ3) is 2.20. The van der Waals surface area contributed by atoms with Crippen molar-refractivity contribution < 1.29 is 23.9 Å². The van der Waals surface area contributed by atoms with Gasteiger partial charge in [-0.15, -0.1) is 11.8 Å². The molecule has 104 valence electrons. The van der Waals surface area contributed by atoms with E-state index in [4.69, 9.17) is 19.1 Å². The van der Waals surface area contributed by atoms with Crippen LogP contribution in [-0.2, 0) is 0 Å². The van der Waals surface area contributed by atoms with Crippen LogP contribution in [0.5, 0.6) is 11.5 Å². The van der Waals surface area contributed by atoms with Crippen molar-refractivity contribution in [3.63, 3.8) is 0 Å². The number of aromatic nitrogens is 1. The molecule has 2 heterocycles. The molecular formula is C13H11NO5S. The van der Waals surface area contributed by atoms with Gasteiger partial charge in [-0.1, -0.05) is 5.16 Å². The number of carboxylic acid groups (broad SMARTS) is 1. The molecule has 1 N–H and O–H groups in total. The molecule has 3 rings (SSSR count). The molecule has 7 heteroatoms. The topological polar surface area (TPSA) is 81.8 Å². The summed E-state index contributed by atoms with van der Waals surface area (Å²) in [4.78, 5) is 11.8. The normalized spacial score (nSPS) is 13.2. The minimum Gasteiger partial charge on any atom is -0.486 e. The fraction of sp³-hybridized carbons (Fsp3) is 0.231. The van der Waals surface area contributed by atoms with Crippen LogP contribution >= 0.6 is 11.8 Å². The van der Waals surface area contributed by atoms with Gasteiger partial charge in [0.25, 0.3) is 0 Å². The Kier molecular flexibility index (Phi) is 3.27. The maximum Gasteiger partial charge on any atom is 0.374 e. The highest BCUT2D eigenvalue weighted by molar-refractivity contribution is 7.98. The maximum atomic E-state index is 10.8. The Morgan fingerprint density at radius 1 is 1.25 bits per heavy atom. The minimum atomic E-state index is -1.15. The molecule has 0 aliphatic carbocycles. The van der Waals surface area contributed by atoms with Crippen LogP contribution in [0.2, 0.25) is 0 Å². The number of thioether (sulfide) groups is 1. The molecule has 1 aromatic heterocycles. The van der Waals surface area contributed by atoms with E-state index in [1.54, 1.807) is 6.07 Å². The number of nitrogens with zero attached hydrogens (tertiary/aromatic N) is 1. The summed E-state index contributed by atoms with van der Waals surface area (Å²) in [7, 11) is 0. The Labute approximate surface area is 118 Å². The van der Waals surface area contributed by atoms with E-state index in [0.29, 0.717) is 30.4 Å². The highest BCUT2D eigenvalue weighted by Crippen LogP contribution is 2.40. The monoisotopic (exact) mass is 293 g/mol. The zero-order chi connectivity index (χ0) is 14.1. The molecule has 0 bridgehead atoms. The van der Waals surface area contributed by atoms with E-state index < -0.39 is 5.97 Å². The number of carboxylic acids is 1. The Hall–Kier alpha value is -2.15. The molecule has 1 aliphatic heterocycles. The van der Waals surface area contributed by atoms with Gasteiger partial charge < -0.3 is 19.1 Å². The van der Waals surface area contributed by atoms with Gasteiger partial charge in [0.05, 0.1) is 0 Å². The summed E-state index contributed by atoms with van der Waals surface area (Å²) in [5.41, 5.74) is 1.22. The quantitative estimate of drug-likeness (QED) is 0.871. The minimum absolute atomic E-state index is 0.193. The molecule has 20 heavy (non-hydrogen) atoms. The van der Waals surface area contributed by atoms with Gasteiger partial charge >= 0.3 is 5.97 Å². The molecule has 0 spiro atoms. The summed E-state index contributed by atoms with van der Waals surface area (Å²) in [5.74, 6) is -0.0239. The van der Waals surface area contributed by atoms with E-state index in [0.717, 1.165) is 10.5 Å². The van der Waals surface area contributed by atoms with E-state index in [-0.39, 0.29) is 5.76 Å². The number of carbonyl (C=O) groups is 1. The molecule has 0 fully saturated rings. The first-order valence-electron chi connectivity index (χ1n) is 5.87. The number of benzene rings is 1. The van der Waals surface area contributed by atoms with E-state index in [9.17, 15) is 4.79 Å². The van der Waals surface area contributed by atoms with Gasteiger partial charge in [-0.3, -0.25) is 0 Å². The van der Waals surface area contributed by atoms with Crippen molar-refractivity contribution >= 4 is 17.7 Å². The van der Waals surface area contributed by atoms with E-state index in [1.165, 1.54) is 17.8 Å². The lowest BCUT2D eigenvalue weighted by Crippen LogP contribution is -2.15. The lowest BCUT2D eigenvalue weighted by molar-refractivity contribution is 0.0652. The molecular weight excluding hydrogens is 282 g/mol. The SMILES string of the molecule is CSc1cc2c(cc1-c1cc(C(=O)O)on1)OCCO2. The summed E-state index contributed by atoms with van der Waals surface area (Å²) in [6.45, 7) is 1.01. The van der Waals surface area contributed by atoms with Crippen LogP contribution in [0.1, 0.15) is 10.6 Å². The predicted molar refractivity (Wildman–Crippen MR) is 71.7 cm³/mol. The molecule has 0 saturated carbocycles. The summed E-state index contributed by atoms with van der Waals surface area (Å²) in [6.07, 6.45) is 1.92. The Morgan fingerprint density at radius 3 is 2.55 bits per heavy atom. The summed E-state index contributed by atoms with van der Waals surface area (Å²) >= 11 is 1.52. The average molecular weight is 293 g/mol. The first-order chi connectivity index (χ1) is 9.69. The molecule has 0 unspecified atom stereocenters. The van der Waals surface area contributed by atoms with Gasteiger partial charge in [-0.05, 0) is 18.4 Å². The molecule has 2 aromatic rings. The highest BCUT2D eigenvalue weighted by Gasteiger charge is 2.20. The van der Waals surface area contributed by atoms with Crippen LogP contribution < -0.4 is 9.47 Å². The number of aromatic carboxylic acids is 1. The Bertz CT molecular complexity index is 667. The standard InChI is InChI=1S/C13H11NO5S/c1-20-12-6-10-9(17-2-3-18-10)4-7(12)8-5-11(13(15)16)19-14-8/h4-6H,2-3H2,1H3,(H,15,16). The van der Waals surface area contributed by atoms with Gasteiger partial charge in [0.2, 0.25) is 5.76 Å². The molecule has 1 aliphatic rings. The van der Waals surface area contributed by atoms with Crippen molar-refractivity contribution in [1.29, 1.82) is 0 Å².